The van der Waals surface area contributed by atoms with E-state index >= 15 is 0 Å². The summed E-state index contributed by atoms with van der Waals surface area (Å²) >= 11 is 0. The van der Waals surface area contributed by atoms with Gasteiger partial charge in [-0.1, -0.05) is 30.3 Å². The Labute approximate surface area is 172 Å². The monoisotopic (exact) mass is 395 g/mol. The van der Waals surface area contributed by atoms with Gasteiger partial charge in [-0.3, -0.25) is 4.99 Å². The lowest BCUT2D eigenvalue weighted by Gasteiger charge is -2.16. The molecule has 4 N–H and O–H groups in total. The first-order chi connectivity index (χ1) is 14.0. The van der Waals surface area contributed by atoms with Crippen LogP contribution < -0.4 is 26.0 Å². The van der Waals surface area contributed by atoms with Gasteiger partial charge in [-0.25, -0.2) is 4.79 Å². The predicted octanol–water partition coefficient (Wildman–Crippen LogP) is 2.89. The molecule has 2 amide bonds. The highest BCUT2D eigenvalue weighted by Crippen LogP contribution is 2.27. The number of nitrogens with zero attached hydrogens (tertiary/aromatic N) is 1. The molecule has 0 saturated carbocycles. The fraction of sp³-hybridized carbons (Fsp3) is 0.364. The first-order valence-corrected chi connectivity index (χ1v) is 9.89. The first-order valence-electron chi connectivity index (χ1n) is 9.89. The van der Waals surface area contributed by atoms with E-state index in [2.05, 4.69) is 32.3 Å². The van der Waals surface area contributed by atoms with Gasteiger partial charge >= 0.3 is 6.03 Å². The maximum Gasteiger partial charge on any atom is 0.319 e. The van der Waals surface area contributed by atoms with Crippen LogP contribution in [-0.4, -0.2) is 37.7 Å². The van der Waals surface area contributed by atoms with E-state index < -0.39 is 0 Å². The summed E-state index contributed by atoms with van der Waals surface area (Å²) < 4.78 is 5.95. The highest BCUT2D eigenvalue weighted by molar-refractivity contribution is 5.89. The van der Waals surface area contributed by atoms with Gasteiger partial charge in [0.15, 0.2) is 5.96 Å². The van der Waals surface area contributed by atoms with Gasteiger partial charge in [-0.05, 0) is 43.2 Å². The van der Waals surface area contributed by atoms with E-state index in [-0.39, 0.29) is 18.2 Å². The highest BCUT2D eigenvalue weighted by atomic mass is 16.5. The van der Waals surface area contributed by atoms with Crippen molar-refractivity contribution in [2.75, 3.05) is 18.9 Å². The molecule has 1 unspecified atom stereocenters. The van der Waals surface area contributed by atoms with Crippen LogP contribution in [0, 0.1) is 0 Å². The van der Waals surface area contributed by atoms with E-state index in [0.717, 1.165) is 29.4 Å². The fourth-order valence-electron chi connectivity index (χ4n) is 3.12. The molecule has 0 aliphatic carbocycles. The Morgan fingerprint density at radius 3 is 2.59 bits per heavy atom. The van der Waals surface area contributed by atoms with Crippen molar-refractivity contribution in [1.82, 2.24) is 16.0 Å². The lowest BCUT2D eigenvalue weighted by atomic mass is 10.1. The van der Waals surface area contributed by atoms with Crippen molar-refractivity contribution in [2.24, 2.45) is 4.99 Å². The second-order valence-corrected chi connectivity index (χ2v) is 7.31. The van der Waals surface area contributed by atoms with Crippen LogP contribution in [0.25, 0.3) is 0 Å². The SMILES string of the molecule is CN=C(NCc1ccc(NC(=O)NC(C)C)cc1)NCC1Cc2ccccc2O1. The third kappa shape index (κ3) is 6.14. The molecule has 1 aliphatic rings. The number of benzene rings is 2. The summed E-state index contributed by atoms with van der Waals surface area (Å²) in [4.78, 5) is 16.0. The zero-order valence-corrected chi connectivity index (χ0v) is 17.2. The average molecular weight is 396 g/mol. The van der Waals surface area contributed by atoms with Gasteiger partial charge in [0.05, 0.1) is 6.54 Å². The highest BCUT2D eigenvalue weighted by Gasteiger charge is 2.22. The smallest absolute Gasteiger partial charge is 0.319 e. The standard InChI is InChI=1S/C22H29N5O2/c1-15(2)26-22(28)27-18-10-8-16(9-11-18)13-24-21(23-3)25-14-19-12-17-6-4-5-7-20(17)29-19/h4-11,15,19H,12-14H2,1-3H3,(H2,23,24,25)(H2,26,27,28). The Bertz CT molecular complexity index is 824. The molecule has 1 aliphatic heterocycles. The number of rotatable bonds is 6. The summed E-state index contributed by atoms with van der Waals surface area (Å²) in [5.74, 6) is 1.70. The summed E-state index contributed by atoms with van der Waals surface area (Å²) in [7, 11) is 1.75. The molecule has 0 aromatic heterocycles. The number of carbonyl (C=O) groups excluding carboxylic acids is 1. The Morgan fingerprint density at radius 1 is 1.14 bits per heavy atom. The van der Waals surface area contributed by atoms with Crippen molar-refractivity contribution in [3.05, 3.63) is 59.7 Å². The van der Waals surface area contributed by atoms with E-state index in [1.165, 1.54) is 5.56 Å². The van der Waals surface area contributed by atoms with Crippen LogP contribution >= 0.6 is 0 Å². The molecule has 3 rings (SSSR count). The molecule has 0 spiro atoms. The molecule has 0 radical (unpaired) electrons. The number of fused-ring (bicyclic) bond motifs is 1. The summed E-state index contributed by atoms with van der Waals surface area (Å²) in [6.07, 6.45) is 1.01. The maximum absolute atomic E-state index is 11.7. The number of para-hydroxylation sites is 1. The number of ether oxygens (including phenoxy) is 1. The number of carbonyl (C=O) groups is 1. The number of amides is 2. The molecular weight excluding hydrogens is 366 g/mol. The maximum atomic E-state index is 11.7. The molecule has 2 aromatic rings. The number of hydrogen-bond acceptors (Lipinski definition) is 3. The van der Waals surface area contributed by atoms with E-state index in [9.17, 15) is 4.79 Å². The first kappa shape index (κ1) is 20.5. The van der Waals surface area contributed by atoms with Crippen LogP contribution in [0.5, 0.6) is 5.75 Å². The van der Waals surface area contributed by atoms with E-state index in [1.807, 2.05) is 56.3 Å². The van der Waals surface area contributed by atoms with Crippen molar-refractivity contribution in [3.8, 4) is 5.75 Å². The third-order valence-corrected chi connectivity index (χ3v) is 4.53. The molecule has 154 valence electrons. The third-order valence-electron chi connectivity index (χ3n) is 4.53. The minimum Gasteiger partial charge on any atom is -0.488 e. The van der Waals surface area contributed by atoms with Gasteiger partial charge in [0.2, 0.25) is 0 Å². The number of urea groups is 1. The Balaban J connectivity index is 1.42. The van der Waals surface area contributed by atoms with E-state index in [1.54, 1.807) is 7.05 Å². The van der Waals surface area contributed by atoms with E-state index in [0.29, 0.717) is 13.1 Å². The minimum atomic E-state index is -0.202. The number of anilines is 1. The zero-order chi connectivity index (χ0) is 20.6. The number of aliphatic imine (C=N–C) groups is 1. The lowest BCUT2D eigenvalue weighted by molar-refractivity contribution is 0.235. The minimum absolute atomic E-state index is 0.0986. The molecule has 0 fully saturated rings. The lowest BCUT2D eigenvalue weighted by Crippen LogP contribution is -2.41. The molecule has 0 saturated heterocycles. The van der Waals surface area contributed by atoms with Crippen LogP contribution in [0.1, 0.15) is 25.0 Å². The van der Waals surface area contributed by atoms with Gasteiger partial charge in [-0.2, -0.15) is 0 Å². The van der Waals surface area contributed by atoms with E-state index in [4.69, 9.17) is 4.74 Å². The van der Waals surface area contributed by atoms with Crippen molar-refractivity contribution < 1.29 is 9.53 Å². The summed E-state index contributed by atoms with van der Waals surface area (Å²) in [6, 6.07) is 15.8. The normalized spacial score (nSPS) is 15.4. The molecular formula is C22H29N5O2. The predicted molar refractivity (Wildman–Crippen MR) is 116 cm³/mol. The summed E-state index contributed by atoms with van der Waals surface area (Å²) in [5, 5.41) is 12.2. The Hall–Kier alpha value is -3.22. The molecule has 7 nitrogen and oxygen atoms in total. The number of guanidine groups is 1. The summed E-state index contributed by atoms with van der Waals surface area (Å²) in [6.45, 7) is 5.16. The van der Waals surface area contributed by atoms with Gasteiger partial charge in [-0.15, -0.1) is 0 Å². The number of hydrogen-bond donors (Lipinski definition) is 4. The zero-order valence-electron chi connectivity index (χ0n) is 17.2. The Kier molecular flexibility index (Phi) is 6.94. The second kappa shape index (κ2) is 9.82. The van der Waals surface area contributed by atoms with Gasteiger partial charge in [0.1, 0.15) is 11.9 Å². The van der Waals surface area contributed by atoms with Crippen LogP contribution in [-0.2, 0) is 13.0 Å². The van der Waals surface area contributed by atoms with Crippen molar-refractivity contribution in [1.29, 1.82) is 0 Å². The van der Waals surface area contributed by atoms with Crippen molar-refractivity contribution >= 4 is 17.7 Å². The topological polar surface area (TPSA) is 86.8 Å². The quantitative estimate of drug-likeness (QED) is 0.447. The molecule has 7 heteroatoms. The fourth-order valence-corrected chi connectivity index (χ4v) is 3.12. The van der Waals surface area contributed by atoms with Crippen molar-refractivity contribution in [2.45, 2.75) is 39.0 Å². The van der Waals surface area contributed by atoms with Crippen LogP contribution in [0.15, 0.2) is 53.5 Å². The van der Waals surface area contributed by atoms with Gasteiger partial charge in [0, 0.05) is 31.7 Å². The van der Waals surface area contributed by atoms with Crippen LogP contribution in [0.3, 0.4) is 0 Å². The molecule has 2 aromatic carbocycles. The Morgan fingerprint density at radius 2 is 1.90 bits per heavy atom. The molecule has 1 atom stereocenters. The molecule has 1 heterocycles. The molecule has 29 heavy (non-hydrogen) atoms. The molecule has 0 bridgehead atoms. The van der Waals surface area contributed by atoms with Gasteiger partial charge < -0.3 is 26.0 Å². The van der Waals surface area contributed by atoms with Gasteiger partial charge in [0.25, 0.3) is 0 Å². The summed E-state index contributed by atoms with van der Waals surface area (Å²) in [5.41, 5.74) is 3.10. The van der Waals surface area contributed by atoms with Crippen molar-refractivity contribution in [3.63, 3.8) is 0 Å². The van der Waals surface area contributed by atoms with Crippen LogP contribution in [0.4, 0.5) is 10.5 Å². The van der Waals surface area contributed by atoms with Crippen LogP contribution in [0.2, 0.25) is 0 Å². The number of nitrogens with one attached hydrogen (secondary N) is 4. The average Bonchev–Trinajstić information content (AvgIpc) is 3.11. The second-order valence-electron chi connectivity index (χ2n) is 7.31. The largest absolute Gasteiger partial charge is 0.488 e.